The molecule has 0 aromatic carbocycles. The lowest BCUT2D eigenvalue weighted by molar-refractivity contribution is -0.114. The number of amides is 1. The third kappa shape index (κ3) is 5.32. The lowest BCUT2D eigenvalue weighted by Crippen LogP contribution is -2.51. The van der Waals surface area contributed by atoms with Gasteiger partial charge in [0.25, 0.3) is 0 Å². The fraction of sp³-hybridized carbons (Fsp3) is 0.500. The molecule has 134 valence electrons. The van der Waals surface area contributed by atoms with Gasteiger partial charge in [0.2, 0.25) is 5.91 Å². The average molecular weight is 359 g/mol. The fourth-order valence-corrected chi connectivity index (χ4v) is 4.21. The minimum atomic E-state index is -0.0777. The van der Waals surface area contributed by atoms with Crippen LogP contribution in [0.4, 0.5) is 5.13 Å². The quantitative estimate of drug-likeness (QED) is 0.856. The largest absolute Gasteiger partial charge is 0.311 e. The Balaban J connectivity index is 1.57. The first-order chi connectivity index (χ1) is 12.0. The molecule has 1 fully saturated rings. The van der Waals surface area contributed by atoms with Crippen molar-refractivity contribution in [1.29, 1.82) is 0 Å². The van der Waals surface area contributed by atoms with Gasteiger partial charge in [-0.15, -0.1) is 11.3 Å². The summed E-state index contributed by atoms with van der Waals surface area (Å²) in [6.07, 6.45) is 2.88. The Morgan fingerprint density at radius 3 is 2.88 bits per heavy atom. The molecule has 2 aromatic rings. The van der Waals surface area contributed by atoms with E-state index in [0.717, 1.165) is 44.0 Å². The lowest BCUT2D eigenvalue weighted by atomic mass is 10.0. The van der Waals surface area contributed by atoms with Gasteiger partial charge in [-0.3, -0.25) is 14.7 Å². The molecule has 3 heterocycles. The first-order valence-corrected chi connectivity index (χ1v) is 9.42. The van der Waals surface area contributed by atoms with Crippen LogP contribution in [0.15, 0.2) is 18.3 Å². The van der Waals surface area contributed by atoms with Crippen molar-refractivity contribution in [3.8, 4) is 0 Å². The van der Waals surface area contributed by atoms with E-state index in [0.29, 0.717) is 11.2 Å². The Hall–Kier alpha value is -1.83. The van der Waals surface area contributed by atoms with Gasteiger partial charge in [-0.25, -0.2) is 4.98 Å². The number of rotatable bonds is 5. The van der Waals surface area contributed by atoms with Crippen molar-refractivity contribution in [3.05, 3.63) is 40.2 Å². The monoisotopic (exact) mass is 359 g/mol. The van der Waals surface area contributed by atoms with Crippen molar-refractivity contribution >= 4 is 22.4 Å². The van der Waals surface area contributed by atoms with E-state index in [9.17, 15) is 4.79 Å². The highest BCUT2D eigenvalue weighted by Gasteiger charge is 2.20. The number of carbonyl (C=O) groups is 1. The van der Waals surface area contributed by atoms with E-state index in [4.69, 9.17) is 0 Å². The molecule has 1 amide bonds. The number of hydrogen-bond donors (Lipinski definition) is 2. The molecule has 1 saturated heterocycles. The SMILES string of the molecule is CC(=O)Nc1ncc(CN2CCN[C@@H](Cc3cc(C)nc(C)c3)C2)s1. The van der Waals surface area contributed by atoms with Gasteiger partial charge >= 0.3 is 0 Å². The van der Waals surface area contributed by atoms with Crippen LogP contribution in [0.1, 0.15) is 28.8 Å². The van der Waals surface area contributed by atoms with E-state index in [1.165, 1.54) is 17.4 Å². The van der Waals surface area contributed by atoms with Crippen molar-refractivity contribution in [2.24, 2.45) is 0 Å². The van der Waals surface area contributed by atoms with E-state index < -0.39 is 0 Å². The van der Waals surface area contributed by atoms with Crippen LogP contribution in [0.25, 0.3) is 0 Å². The first kappa shape index (κ1) is 18.0. The number of nitrogens with zero attached hydrogens (tertiary/aromatic N) is 3. The van der Waals surface area contributed by atoms with Crippen molar-refractivity contribution in [3.63, 3.8) is 0 Å². The van der Waals surface area contributed by atoms with Gasteiger partial charge in [-0.1, -0.05) is 0 Å². The van der Waals surface area contributed by atoms with Crippen LogP contribution in [0.2, 0.25) is 0 Å². The number of carbonyl (C=O) groups excluding carboxylic acids is 1. The molecule has 0 saturated carbocycles. The molecular formula is C18H25N5OS. The van der Waals surface area contributed by atoms with E-state index in [2.05, 4.69) is 37.6 Å². The van der Waals surface area contributed by atoms with Crippen LogP contribution >= 0.6 is 11.3 Å². The summed E-state index contributed by atoms with van der Waals surface area (Å²) in [5, 5.41) is 7.05. The van der Waals surface area contributed by atoms with Crippen molar-refractivity contribution in [2.75, 3.05) is 25.0 Å². The molecular weight excluding hydrogens is 334 g/mol. The molecule has 0 bridgehead atoms. The number of anilines is 1. The summed E-state index contributed by atoms with van der Waals surface area (Å²) in [4.78, 5) is 23.5. The minimum Gasteiger partial charge on any atom is -0.311 e. The zero-order chi connectivity index (χ0) is 17.8. The summed E-state index contributed by atoms with van der Waals surface area (Å²) in [5.41, 5.74) is 3.51. The summed E-state index contributed by atoms with van der Waals surface area (Å²) in [7, 11) is 0. The second-order valence-corrected chi connectivity index (χ2v) is 7.78. The van der Waals surface area contributed by atoms with E-state index in [1.807, 2.05) is 20.0 Å². The molecule has 3 rings (SSSR count). The van der Waals surface area contributed by atoms with Crippen LogP contribution in [0, 0.1) is 13.8 Å². The molecule has 2 aromatic heterocycles. The number of thiazole rings is 1. The van der Waals surface area contributed by atoms with Crippen LogP contribution in [0.3, 0.4) is 0 Å². The lowest BCUT2D eigenvalue weighted by Gasteiger charge is -2.33. The molecule has 2 N–H and O–H groups in total. The van der Waals surface area contributed by atoms with Crippen molar-refractivity contribution in [2.45, 2.75) is 39.8 Å². The number of piperazine rings is 1. The topological polar surface area (TPSA) is 70.2 Å². The van der Waals surface area contributed by atoms with Crippen LogP contribution in [-0.4, -0.2) is 46.5 Å². The van der Waals surface area contributed by atoms with Crippen molar-refractivity contribution in [1.82, 2.24) is 20.2 Å². The maximum absolute atomic E-state index is 11.1. The van der Waals surface area contributed by atoms with Gasteiger partial charge in [0, 0.05) is 61.6 Å². The average Bonchev–Trinajstić information content (AvgIpc) is 2.92. The van der Waals surface area contributed by atoms with Gasteiger partial charge in [0.1, 0.15) is 0 Å². The predicted molar refractivity (Wildman–Crippen MR) is 101 cm³/mol. The fourth-order valence-electron chi connectivity index (χ4n) is 3.31. The highest BCUT2D eigenvalue weighted by molar-refractivity contribution is 7.15. The zero-order valence-electron chi connectivity index (χ0n) is 15.0. The highest BCUT2D eigenvalue weighted by atomic mass is 32.1. The van der Waals surface area contributed by atoms with Gasteiger partial charge in [0.15, 0.2) is 5.13 Å². The maximum Gasteiger partial charge on any atom is 0.223 e. The third-order valence-corrected chi connectivity index (χ3v) is 5.08. The number of aromatic nitrogens is 2. The number of pyridine rings is 1. The Kier molecular flexibility index (Phi) is 5.78. The summed E-state index contributed by atoms with van der Waals surface area (Å²) in [6, 6.07) is 4.80. The van der Waals surface area contributed by atoms with Crippen molar-refractivity contribution < 1.29 is 4.79 Å². The van der Waals surface area contributed by atoms with Gasteiger partial charge in [0.05, 0.1) is 0 Å². The number of aryl methyl sites for hydroxylation is 2. The summed E-state index contributed by atoms with van der Waals surface area (Å²) < 4.78 is 0. The van der Waals surface area contributed by atoms with Crippen LogP contribution in [-0.2, 0) is 17.8 Å². The smallest absolute Gasteiger partial charge is 0.223 e. The van der Waals surface area contributed by atoms with E-state index in [1.54, 1.807) is 11.3 Å². The predicted octanol–water partition coefficient (Wildman–Crippen LogP) is 2.13. The van der Waals surface area contributed by atoms with E-state index >= 15 is 0 Å². The standard InChI is InChI=1S/C18H25N5OS/c1-12-6-15(7-13(2)21-12)8-16-10-23(5-4-19-16)11-17-9-20-18(25-17)22-14(3)24/h6-7,9,16,19H,4-5,8,10-11H2,1-3H3,(H,20,22,24)/t16-/m0/s1. The second kappa shape index (κ2) is 8.03. The summed E-state index contributed by atoms with van der Waals surface area (Å²) in [5.74, 6) is -0.0777. The molecule has 0 radical (unpaired) electrons. The molecule has 0 spiro atoms. The maximum atomic E-state index is 11.1. The molecule has 6 nitrogen and oxygen atoms in total. The number of nitrogens with one attached hydrogen (secondary N) is 2. The van der Waals surface area contributed by atoms with E-state index in [-0.39, 0.29) is 5.91 Å². The molecule has 25 heavy (non-hydrogen) atoms. The zero-order valence-corrected chi connectivity index (χ0v) is 15.8. The molecule has 1 aliphatic heterocycles. The first-order valence-electron chi connectivity index (χ1n) is 8.60. The normalized spacial score (nSPS) is 18.3. The Morgan fingerprint density at radius 2 is 2.16 bits per heavy atom. The Labute approximate surface area is 152 Å². The van der Waals surface area contributed by atoms with Gasteiger partial charge in [-0.2, -0.15) is 0 Å². The molecule has 0 aliphatic carbocycles. The highest BCUT2D eigenvalue weighted by Crippen LogP contribution is 2.20. The van der Waals surface area contributed by atoms with Crippen LogP contribution < -0.4 is 10.6 Å². The summed E-state index contributed by atoms with van der Waals surface area (Å²) in [6.45, 7) is 9.51. The molecule has 1 atom stereocenters. The summed E-state index contributed by atoms with van der Waals surface area (Å²) >= 11 is 1.55. The second-order valence-electron chi connectivity index (χ2n) is 6.66. The third-order valence-electron chi connectivity index (χ3n) is 4.18. The molecule has 1 aliphatic rings. The molecule has 7 heteroatoms. The van der Waals surface area contributed by atoms with Gasteiger partial charge in [-0.05, 0) is 38.0 Å². The Bertz CT molecular complexity index is 725. The Morgan fingerprint density at radius 1 is 1.40 bits per heavy atom. The molecule has 0 unspecified atom stereocenters. The minimum absolute atomic E-state index is 0.0777. The van der Waals surface area contributed by atoms with Gasteiger partial charge < -0.3 is 10.6 Å². The van der Waals surface area contributed by atoms with Crippen LogP contribution in [0.5, 0.6) is 0 Å². The number of hydrogen-bond acceptors (Lipinski definition) is 6.